The number of anilines is 2. The topological polar surface area (TPSA) is 109 Å². The van der Waals surface area contributed by atoms with Crippen LogP contribution in [-0.4, -0.2) is 29.8 Å². The monoisotopic (exact) mass is 560 g/mol. The van der Waals surface area contributed by atoms with Crippen molar-refractivity contribution in [2.75, 3.05) is 17.3 Å². The molecule has 4 aromatic rings. The van der Waals surface area contributed by atoms with Crippen molar-refractivity contribution < 1.29 is 28.6 Å². The number of hydrogen-bond acceptors (Lipinski definition) is 6. The van der Waals surface area contributed by atoms with Gasteiger partial charge in [-0.25, -0.2) is 0 Å². The highest BCUT2D eigenvalue weighted by Crippen LogP contribution is 2.43. The SMILES string of the molecule is COc1cccc(C2C(C(=O)c3cc4cc(Br)ccc4o3)=C(O)C(=O)N2c2cccc(NC(C)=O)c2)c1. The summed E-state index contributed by atoms with van der Waals surface area (Å²) in [6.07, 6.45) is 0. The van der Waals surface area contributed by atoms with E-state index in [1.54, 1.807) is 66.7 Å². The van der Waals surface area contributed by atoms with Gasteiger partial charge in [0.25, 0.3) is 5.91 Å². The van der Waals surface area contributed by atoms with Crippen LogP contribution in [0.25, 0.3) is 11.0 Å². The molecule has 3 aromatic carbocycles. The summed E-state index contributed by atoms with van der Waals surface area (Å²) in [6.45, 7) is 1.38. The van der Waals surface area contributed by atoms with Gasteiger partial charge in [0.1, 0.15) is 11.3 Å². The quantitative estimate of drug-likeness (QED) is 0.282. The predicted molar refractivity (Wildman–Crippen MR) is 142 cm³/mol. The standard InChI is InChI=1S/C28H21BrN2O6/c1-15(32)30-19-6-4-7-20(14-19)31-25(16-5-3-8-21(12-16)36-2)24(27(34)28(31)35)26(33)23-13-17-11-18(29)9-10-22(17)37-23/h3-14,25,34H,1-2H3,(H,30,32). The predicted octanol–water partition coefficient (Wildman–Crippen LogP) is 5.95. The first-order valence-corrected chi connectivity index (χ1v) is 12.1. The summed E-state index contributed by atoms with van der Waals surface area (Å²) in [4.78, 5) is 40.2. The van der Waals surface area contributed by atoms with E-state index in [0.717, 1.165) is 4.47 Å². The molecule has 37 heavy (non-hydrogen) atoms. The number of rotatable bonds is 6. The summed E-state index contributed by atoms with van der Waals surface area (Å²) in [5.41, 5.74) is 1.76. The third-order valence-corrected chi connectivity index (χ3v) is 6.50. The molecular weight excluding hydrogens is 540 g/mol. The minimum absolute atomic E-state index is 0.0100. The summed E-state index contributed by atoms with van der Waals surface area (Å²) in [5.74, 6) is -1.82. The number of nitrogens with one attached hydrogen (secondary N) is 1. The van der Waals surface area contributed by atoms with Crippen molar-refractivity contribution in [1.29, 1.82) is 0 Å². The average molecular weight is 561 g/mol. The summed E-state index contributed by atoms with van der Waals surface area (Å²) in [5, 5.41) is 14.4. The molecule has 0 bridgehead atoms. The highest BCUT2D eigenvalue weighted by atomic mass is 79.9. The van der Waals surface area contributed by atoms with E-state index in [2.05, 4.69) is 21.2 Å². The number of aliphatic hydroxyl groups excluding tert-OH is 1. The van der Waals surface area contributed by atoms with Gasteiger partial charge in [-0.2, -0.15) is 0 Å². The van der Waals surface area contributed by atoms with Gasteiger partial charge >= 0.3 is 0 Å². The molecule has 1 aromatic heterocycles. The molecule has 9 heteroatoms. The van der Waals surface area contributed by atoms with Gasteiger partial charge in [-0.15, -0.1) is 0 Å². The van der Waals surface area contributed by atoms with Crippen molar-refractivity contribution >= 4 is 55.9 Å². The van der Waals surface area contributed by atoms with Gasteiger partial charge < -0.3 is 19.6 Å². The number of hydrogen-bond donors (Lipinski definition) is 2. The maximum Gasteiger partial charge on any atom is 0.294 e. The van der Waals surface area contributed by atoms with E-state index in [-0.39, 0.29) is 17.2 Å². The van der Waals surface area contributed by atoms with Gasteiger partial charge in [-0.3, -0.25) is 19.3 Å². The first kappa shape index (κ1) is 24.3. The van der Waals surface area contributed by atoms with Gasteiger partial charge in [-0.05, 0) is 60.2 Å². The molecule has 0 saturated heterocycles. The molecule has 8 nitrogen and oxygen atoms in total. The van der Waals surface area contributed by atoms with Crippen molar-refractivity contribution in [2.24, 2.45) is 0 Å². The average Bonchev–Trinajstić information content (AvgIpc) is 3.41. The first-order valence-electron chi connectivity index (χ1n) is 11.3. The lowest BCUT2D eigenvalue weighted by Gasteiger charge is -2.27. The van der Waals surface area contributed by atoms with Gasteiger partial charge in [0.15, 0.2) is 11.5 Å². The minimum Gasteiger partial charge on any atom is -0.503 e. The Kier molecular flexibility index (Phi) is 6.31. The van der Waals surface area contributed by atoms with Gasteiger partial charge in [0.05, 0.1) is 18.7 Å². The van der Waals surface area contributed by atoms with E-state index >= 15 is 0 Å². The number of ketones is 1. The summed E-state index contributed by atoms with van der Waals surface area (Å²) in [7, 11) is 1.51. The van der Waals surface area contributed by atoms with E-state index < -0.39 is 23.5 Å². The second kappa shape index (κ2) is 9.59. The molecular formula is C28H21BrN2O6. The summed E-state index contributed by atoms with van der Waals surface area (Å²) in [6, 6.07) is 19.5. The molecule has 0 spiro atoms. The van der Waals surface area contributed by atoms with Crippen LogP contribution in [0, 0.1) is 0 Å². The molecule has 2 amide bonds. The van der Waals surface area contributed by atoms with Crippen LogP contribution in [-0.2, 0) is 9.59 Å². The van der Waals surface area contributed by atoms with E-state index in [1.807, 2.05) is 6.07 Å². The molecule has 1 aliphatic heterocycles. The molecule has 1 unspecified atom stereocenters. The number of benzene rings is 3. The van der Waals surface area contributed by atoms with Crippen LogP contribution in [0.3, 0.4) is 0 Å². The fraction of sp³-hybridized carbons (Fsp3) is 0.107. The van der Waals surface area contributed by atoms with E-state index in [1.165, 1.54) is 18.9 Å². The Morgan fingerprint density at radius 3 is 2.59 bits per heavy atom. The molecule has 2 N–H and O–H groups in total. The van der Waals surface area contributed by atoms with Crippen LogP contribution in [0.1, 0.15) is 29.1 Å². The van der Waals surface area contributed by atoms with Crippen molar-refractivity contribution in [3.8, 4) is 5.75 Å². The summed E-state index contributed by atoms with van der Waals surface area (Å²) < 4.78 is 12.0. The number of fused-ring (bicyclic) bond motifs is 1. The van der Waals surface area contributed by atoms with Gasteiger partial charge in [0.2, 0.25) is 11.7 Å². The van der Waals surface area contributed by atoms with Gasteiger partial charge in [0, 0.05) is 28.2 Å². The fourth-order valence-corrected chi connectivity index (χ4v) is 4.80. The van der Waals surface area contributed by atoms with Crippen LogP contribution in [0.4, 0.5) is 11.4 Å². The van der Waals surface area contributed by atoms with Crippen LogP contribution < -0.4 is 15.0 Å². The number of methoxy groups -OCH3 is 1. The number of Topliss-reactive ketones (excluding diaryl/α,β-unsaturated/α-hetero) is 1. The van der Waals surface area contributed by atoms with E-state index in [4.69, 9.17) is 9.15 Å². The molecule has 186 valence electrons. The lowest BCUT2D eigenvalue weighted by atomic mass is 9.94. The normalized spacial score (nSPS) is 15.4. The molecule has 0 saturated carbocycles. The van der Waals surface area contributed by atoms with Crippen molar-refractivity contribution in [3.63, 3.8) is 0 Å². The lowest BCUT2D eigenvalue weighted by molar-refractivity contribution is -0.117. The molecule has 5 rings (SSSR count). The zero-order valence-corrected chi connectivity index (χ0v) is 21.4. The number of halogens is 1. The zero-order chi connectivity index (χ0) is 26.3. The Morgan fingerprint density at radius 2 is 1.84 bits per heavy atom. The molecule has 0 fully saturated rings. The highest BCUT2D eigenvalue weighted by molar-refractivity contribution is 9.10. The van der Waals surface area contributed by atoms with Crippen molar-refractivity contribution in [2.45, 2.75) is 13.0 Å². The number of carbonyl (C=O) groups is 3. The van der Waals surface area contributed by atoms with Crippen molar-refractivity contribution in [1.82, 2.24) is 0 Å². The maximum absolute atomic E-state index is 13.8. The number of furan rings is 1. The Morgan fingerprint density at radius 1 is 1.05 bits per heavy atom. The second-order valence-electron chi connectivity index (χ2n) is 8.47. The molecule has 0 aliphatic carbocycles. The molecule has 1 atom stereocenters. The van der Waals surface area contributed by atoms with E-state index in [9.17, 15) is 19.5 Å². The van der Waals surface area contributed by atoms with Crippen LogP contribution >= 0.6 is 15.9 Å². The number of carbonyl (C=O) groups excluding carboxylic acids is 3. The Balaban J connectivity index is 1.65. The Labute approximate surface area is 220 Å². The zero-order valence-electron chi connectivity index (χ0n) is 19.8. The largest absolute Gasteiger partial charge is 0.503 e. The lowest BCUT2D eigenvalue weighted by Crippen LogP contribution is -2.31. The minimum atomic E-state index is -0.984. The first-order chi connectivity index (χ1) is 17.8. The smallest absolute Gasteiger partial charge is 0.294 e. The second-order valence-corrected chi connectivity index (χ2v) is 9.39. The number of ether oxygens (including phenoxy) is 1. The van der Waals surface area contributed by atoms with Crippen molar-refractivity contribution in [3.05, 3.63) is 99.9 Å². The van der Waals surface area contributed by atoms with Crippen LogP contribution in [0.15, 0.2) is 93.0 Å². The Hall–Kier alpha value is -4.37. The number of aliphatic hydroxyl groups is 1. The van der Waals surface area contributed by atoms with Crippen LogP contribution in [0.5, 0.6) is 5.75 Å². The molecule has 1 aliphatic rings. The van der Waals surface area contributed by atoms with Crippen LogP contribution in [0.2, 0.25) is 0 Å². The number of nitrogens with zero attached hydrogens (tertiary/aromatic N) is 1. The third-order valence-electron chi connectivity index (χ3n) is 6.01. The number of amides is 2. The Bertz CT molecular complexity index is 1610. The van der Waals surface area contributed by atoms with Gasteiger partial charge in [-0.1, -0.05) is 34.1 Å². The highest BCUT2D eigenvalue weighted by Gasteiger charge is 2.45. The van der Waals surface area contributed by atoms with E-state index in [0.29, 0.717) is 33.7 Å². The third kappa shape index (κ3) is 4.49. The molecule has 2 heterocycles. The fourth-order valence-electron chi connectivity index (χ4n) is 4.43. The maximum atomic E-state index is 13.8. The summed E-state index contributed by atoms with van der Waals surface area (Å²) >= 11 is 3.41. The molecule has 0 radical (unpaired) electrons.